The Labute approximate surface area is 149 Å². The summed E-state index contributed by atoms with van der Waals surface area (Å²) in [4.78, 5) is 14.6. The molecule has 0 aromatic heterocycles. The highest BCUT2D eigenvalue weighted by molar-refractivity contribution is 7.89. The fourth-order valence-electron chi connectivity index (χ4n) is 4.51. The minimum Gasteiger partial charge on any atom is -0.311 e. The maximum absolute atomic E-state index is 13.0. The van der Waals surface area contributed by atoms with Crippen molar-refractivity contribution < 1.29 is 13.2 Å². The second kappa shape index (κ2) is 6.40. The van der Waals surface area contributed by atoms with Gasteiger partial charge in [0.15, 0.2) is 0 Å². The summed E-state index contributed by atoms with van der Waals surface area (Å²) in [6, 6.07) is 3.55. The molecule has 0 spiro atoms. The lowest BCUT2D eigenvalue weighted by Crippen LogP contribution is -2.35. The summed E-state index contributed by atoms with van der Waals surface area (Å²) in [6.45, 7) is 2.63. The maximum atomic E-state index is 13.0. The van der Waals surface area contributed by atoms with Crippen molar-refractivity contribution in [2.75, 3.05) is 11.4 Å². The lowest BCUT2D eigenvalue weighted by molar-refractivity contribution is -0.119. The first-order valence-corrected chi connectivity index (χ1v) is 11.0. The Hall–Kier alpha value is -1.40. The number of hydrogen-bond acceptors (Lipinski definition) is 3. The van der Waals surface area contributed by atoms with Crippen molar-refractivity contribution in [2.24, 2.45) is 0 Å². The Bertz CT molecular complexity index is 795. The molecule has 5 nitrogen and oxygen atoms in total. The van der Waals surface area contributed by atoms with Gasteiger partial charge in [-0.1, -0.05) is 25.7 Å². The highest BCUT2D eigenvalue weighted by Crippen LogP contribution is 2.43. The number of aryl methyl sites for hydroxylation is 1. The molecule has 2 aliphatic heterocycles. The van der Waals surface area contributed by atoms with Crippen molar-refractivity contribution in [3.8, 4) is 0 Å². The van der Waals surface area contributed by atoms with Gasteiger partial charge >= 0.3 is 0 Å². The van der Waals surface area contributed by atoms with Crippen LogP contribution in [0.4, 0.5) is 5.69 Å². The monoisotopic (exact) mass is 362 g/mol. The van der Waals surface area contributed by atoms with E-state index in [-0.39, 0.29) is 17.9 Å². The molecule has 25 heavy (non-hydrogen) atoms. The zero-order valence-electron chi connectivity index (χ0n) is 14.8. The average Bonchev–Trinajstić information content (AvgIpc) is 2.77. The number of sulfonamides is 1. The Balaban J connectivity index is 1.68. The smallest absolute Gasteiger partial charge is 0.240 e. The van der Waals surface area contributed by atoms with E-state index in [1.54, 1.807) is 12.1 Å². The lowest BCUT2D eigenvalue weighted by atomic mass is 9.97. The van der Waals surface area contributed by atoms with Crippen LogP contribution in [0.1, 0.15) is 68.9 Å². The van der Waals surface area contributed by atoms with Crippen LogP contribution >= 0.6 is 0 Å². The number of hydrogen-bond donors (Lipinski definition) is 1. The maximum Gasteiger partial charge on any atom is 0.240 e. The number of nitrogens with one attached hydrogen (secondary N) is 1. The topological polar surface area (TPSA) is 66.5 Å². The fraction of sp³-hybridized carbons (Fsp3) is 0.632. The molecule has 6 heteroatoms. The third kappa shape index (κ3) is 2.99. The van der Waals surface area contributed by atoms with E-state index < -0.39 is 10.0 Å². The van der Waals surface area contributed by atoms with Crippen LogP contribution in [0.15, 0.2) is 17.0 Å². The van der Waals surface area contributed by atoms with Crippen LogP contribution in [-0.4, -0.2) is 26.9 Å². The van der Waals surface area contributed by atoms with Crippen LogP contribution in [0.2, 0.25) is 0 Å². The van der Waals surface area contributed by atoms with Crippen molar-refractivity contribution in [1.82, 2.24) is 4.72 Å². The van der Waals surface area contributed by atoms with E-state index in [4.69, 9.17) is 0 Å². The first-order chi connectivity index (χ1) is 12.0. The molecule has 1 aromatic rings. The van der Waals surface area contributed by atoms with Gasteiger partial charge in [0, 0.05) is 12.6 Å². The minimum absolute atomic E-state index is 0.0349. The number of carbonyl (C=O) groups is 1. The number of carbonyl (C=O) groups excluding carboxylic acids is 1. The Morgan fingerprint density at radius 3 is 2.52 bits per heavy atom. The molecular weight excluding hydrogens is 336 g/mol. The second-order valence-corrected chi connectivity index (χ2v) is 9.36. The van der Waals surface area contributed by atoms with Gasteiger partial charge in [0.2, 0.25) is 15.9 Å². The molecule has 0 radical (unpaired) electrons. The lowest BCUT2D eigenvalue weighted by Gasteiger charge is -2.26. The van der Waals surface area contributed by atoms with E-state index in [1.165, 1.54) is 12.8 Å². The highest BCUT2D eigenvalue weighted by Gasteiger charge is 2.39. The van der Waals surface area contributed by atoms with Gasteiger partial charge in [-0.25, -0.2) is 13.1 Å². The number of nitrogens with zero attached hydrogens (tertiary/aromatic N) is 1. The molecule has 1 aliphatic carbocycles. The molecule has 1 aromatic carbocycles. The van der Waals surface area contributed by atoms with Gasteiger partial charge in [0.25, 0.3) is 0 Å². The van der Waals surface area contributed by atoms with E-state index in [2.05, 4.69) is 4.72 Å². The first-order valence-electron chi connectivity index (χ1n) is 9.48. The Kier molecular flexibility index (Phi) is 4.36. The predicted octanol–water partition coefficient (Wildman–Crippen LogP) is 3.08. The van der Waals surface area contributed by atoms with Gasteiger partial charge in [0.05, 0.1) is 16.5 Å². The van der Waals surface area contributed by atoms with Crippen LogP contribution in [0.25, 0.3) is 0 Å². The molecule has 3 aliphatic rings. The Morgan fingerprint density at radius 1 is 1.08 bits per heavy atom. The molecule has 1 fully saturated rings. The molecule has 1 amide bonds. The van der Waals surface area contributed by atoms with Crippen molar-refractivity contribution >= 4 is 21.6 Å². The standard InChI is InChI=1S/C19H26N2O3S/c1-13-17-12-16(11-14-7-6-10-21(18(14)17)19(13)22)25(23,24)20-15-8-4-2-3-5-9-15/h11-13,15,20H,2-10H2,1H3/t13-/m1/s1. The summed E-state index contributed by atoms with van der Waals surface area (Å²) < 4.78 is 28.8. The van der Waals surface area contributed by atoms with E-state index in [0.29, 0.717) is 4.90 Å². The third-order valence-electron chi connectivity index (χ3n) is 5.88. The molecule has 2 heterocycles. The van der Waals surface area contributed by atoms with Gasteiger partial charge in [-0.15, -0.1) is 0 Å². The number of anilines is 1. The highest BCUT2D eigenvalue weighted by atomic mass is 32.2. The van der Waals surface area contributed by atoms with Crippen LogP contribution < -0.4 is 9.62 Å². The molecule has 136 valence electrons. The summed E-state index contributed by atoms with van der Waals surface area (Å²) in [5.74, 6) is -0.151. The molecule has 1 saturated carbocycles. The number of rotatable bonds is 3. The van der Waals surface area contributed by atoms with Crippen molar-refractivity contribution in [1.29, 1.82) is 0 Å². The molecule has 4 rings (SSSR count). The van der Waals surface area contributed by atoms with Gasteiger partial charge < -0.3 is 4.90 Å². The van der Waals surface area contributed by atoms with Gasteiger partial charge in [-0.2, -0.15) is 0 Å². The van der Waals surface area contributed by atoms with Gasteiger partial charge in [-0.05, 0) is 55.9 Å². The summed E-state index contributed by atoms with van der Waals surface area (Å²) in [7, 11) is -3.54. The SMILES string of the molecule is C[C@H]1C(=O)N2CCCc3cc(S(=O)(=O)NC4CCCCCC4)cc1c32. The Morgan fingerprint density at radius 2 is 1.80 bits per heavy atom. The first kappa shape index (κ1) is 17.0. The molecule has 0 bridgehead atoms. The summed E-state index contributed by atoms with van der Waals surface area (Å²) in [6.07, 6.45) is 8.12. The fourth-order valence-corrected chi connectivity index (χ4v) is 5.90. The van der Waals surface area contributed by atoms with E-state index in [0.717, 1.165) is 61.9 Å². The molecular formula is C19H26N2O3S. The van der Waals surface area contributed by atoms with E-state index in [9.17, 15) is 13.2 Å². The quantitative estimate of drug-likeness (QED) is 0.840. The van der Waals surface area contributed by atoms with E-state index in [1.807, 2.05) is 11.8 Å². The van der Waals surface area contributed by atoms with Crippen LogP contribution in [0.5, 0.6) is 0 Å². The zero-order valence-corrected chi connectivity index (χ0v) is 15.6. The summed E-state index contributed by atoms with van der Waals surface area (Å²) >= 11 is 0. The zero-order chi connectivity index (χ0) is 17.6. The van der Waals surface area contributed by atoms with E-state index >= 15 is 0 Å². The molecule has 0 unspecified atom stereocenters. The molecule has 0 saturated heterocycles. The van der Waals surface area contributed by atoms with Crippen LogP contribution in [-0.2, 0) is 21.2 Å². The van der Waals surface area contributed by atoms with Gasteiger partial charge in [0.1, 0.15) is 0 Å². The van der Waals surface area contributed by atoms with Gasteiger partial charge in [-0.3, -0.25) is 4.79 Å². The third-order valence-corrected chi connectivity index (χ3v) is 7.38. The normalized spacial score (nSPS) is 24.3. The second-order valence-electron chi connectivity index (χ2n) is 7.65. The summed E-state index contributed by atoms with van der Waals surface area (Å²) in [5, 5.41) is 0. The van der Waals surface area contributed by atoms with Crippen LogP contribution in [0, 0.1) is 0 Å². The number of benzene rings is 1. The van der Waals surface area contributed by atoms with Crippen molar-refractivity contribution in [3.63, 3.8) is 0 Å². The van der Waals surface area contributed by atoms with Crippen molar-refractivity contribution in [2.45, 2.75) is 75.1 Å². The minimum atomic E-state index is -3.54. The number of amides is 1. The summed E-state index contributed by atoms with van der Waals surface area (Å²) in [5.41, 5.74) is 2.85. The molecule has 1 N–H and O–H groups in total. The predicted molar refractivity (Wildman–Crippen MR) is 97.3 cm³/mol. The largest absolute Gasteiger partial charge is 0.311 e. The van der Waals surface area contributed by atoms with Crippen LogP contribution in [0.3, 0.4) is 0 Å². The average molecular weight is 362 g/mol. The molecule has 1 atom stereocenters. The van der Waals surface area contributed by atoms with Crippen molar-refractivity contribution in [3.05, 3.63) is 23.3 Å².